The number of halogens is 1. The maximum atomic E-state index is 6.82. The zero-order chi connectivity index (χ0) is 9.19. The molecular formula is C7H10ClNO. The van der Waals surface area contributed by atoms with Crippen molar-refractivity contribution in [1.82, 2.24) is 0 Å². The van der Waals surface area contributed by atoms with Crippen LogP contribution in [0.4, 0.5) is 5.69 Å². The number of para-hydroxylation sites is 2. The highest BCUT2D eigenvalue weighted by molar-refractivity contribution is 5.85. The normalized spacial score (nSPS) is 13.8. The third-order valence-electron chi connectivity index (χ3n) is 1.03. The van der Waals surface area contributed by atoms with Crippen LogP contribution < -0.4 is 10.5 Å². The lowest BCUT2D eigenvalue weighted by Crippen LogP contribution is -1.89. The first kappa shape index (κ1) is 4.85. The van der Waals surface area contributed by atoms with Crippen molar-refractivity contribution in [1.29, 1.82) is 0 Å². The van der Waals surface area contributed by atoms with Gasteiger partial charge in [-0.05, 0) is 12.1 Å². The van der Waals surface area contributed by atoms with Gasteiger partial charge in [0.1, 0.15) is 5.75 Å². The molecule has 0 radical (unpaired) electrons. The summed E-state index contributed by atoms with van der Waals surface area (Å²) in [7, 11) is -2.44. The van der Waals surface area contributed by atoms with E-state index < -0.39 is 7.04 Å². The van der Waals surface area contributed by atoms with E-state index in [9.17, 15) is 0 Å². The molecule has 3 heteroatoms. The fourth-order valence-electron chi connectivity index (χ4n) is 0.573. The van der Waals surface area contributed by atoms with E-state index in [1.165, 1.54) is 6.07 Å². The predicted molar refractivity (Wildman–Crippen MR) is 44.7 cm³/mol. The third kappa shape index (κ3) is 1.81. The molecule has 0 saturated carbocycles. The number of hydrogen-bond acceptors (Lipinski definition) is 2. The molecule has 2 N–H and O–H groups in total. The van der Waals surface area contributed by atoms with Crippen LogP contribution in [-0.4, -0.2) is 7.04 Å². The number of nitrogen functional groups attached to an aromatic ring is 1. The Hall–Kier alpha value is -0.890. The predicted octanol–water partition coefficient (Wildman–Crippen LogP) is 1.70. The summed E-state index contributed by atoms with van der Waals surface area (Å²) in [6.07, 6.45) is 0. The zero-order valence-corrected chi connectivity index (χ0v) is 6.02. The second kappa shape index (κ2) is 4.01. The summed E-state index contributed by atoms with van der Waals surface area (Å²) < 4.78 is 25.1. The van der Waals surface area contributed by atoms with Crippen molar-refractivity contribution in [3.05, 3.63) is 24.3 Å². The van der Waals surface area contributed by atoms with Gasteiger partial charge < -0.3 is 10.5 Å². The van der Waals surface area contributed by atoms with Gasteiger partial charge >= 0.3 is 0 Å². The number of ether oxygens (including phenoxy) is 1. The Balaban J connectivity index is 0.00000144. The quantitative estimate of drug-likeness (QED) is 0.638. The van der Waals surface area contributed by atoms with E-state index in [4.69, 9.17) is 9.85 Å². The Morgan fingerprint density at radius 1 is 1.50 bits per heavy atom. The van der Waals surface area contributed by atoms with Gasteiger partial charge in [-0.25, -0.2) is 0 Å². The van der Waals surface area contributed by atoms with Crippen LogP contribution >= 0.6 is 12.4 Å². The van der Waals surface area contributed by atoms with Gasteiger partial charge in [-0.15, -0.1) is 12.4 Å². The first-order valence-corrected chi connectivity index (χ1v) is 2.52. The molecule has 0 fully saturated rings. The third-order valence-corrected chi connectivity index (χ3v) is 1.03. The van der Waals surface area contributed by atoms with Crippen molar-refractivity contribution in [2.24, 2.45) is 0 Å². The molecule has 0 spiro atoms. The molecule has 1 aromatic rings. The Kier molecular flexibility index (Phi) is 1.95. The van der Waals surface area contributed by atoms with Crippen LogP contribution in [0.3, 0.4) is 0 Å². The molecule has 56 valence electrons. The summed E-state index contributed by atoms with van der Waals surface area (Å²) in [5.41, 5.74) is 5.78. The summed E-state index contributed by atoms with van der Waals surface area (Å²) in [6.45, 7) is 0. The van der Waals surface area contributed by atoms with E-state index in [0.29, 0.717) is 5.69 Å². The van der Waals surface area contributed by atoms with Gasteiger partial charge in [0.2, 0.25) is 0 Å². The second-order valence-corrected chi connectivity index (χ2v) is 1.64. The lowest BCUT2D eigenvalue weighted by molar-refractivity contribution is 0.417. The molecule has 0 unspecified atom stereocenters. The number of benzene rings is 1. The van der Waals surface area contributed by atoms with Crippen LogP contribution in [0.1, 0.15) is 4.11 Å². The van der Waals surface area contributed by atoms with E-state index in [2.05, 4.69) is 4.74 Å². The monoisotopic (exact) mass is 162 g/mol. The van der Waals surface area contributed by atoms with Crippen LogP contribution in [0.2, 0.25) is 0 Å². The van der Waals surface area contributed by atoms with Gasteiger partial charge in [-0.2, -0.15) is 0 Å². The molecule has 10 heavy (non-hydrogen) atoms. The SMILES string of the molecule is Cl.[2H]C([2H])([2H])Oc1ccccc1N. The first-order valence-electron chi connectivity index (χ1n) is 4.02. The molecule has 2 nitrogen and oxygen atoms in total. The Labute approximate surface area is 70.6 Å². The standard InChI is InChI=1S/C7H9NO.ClH/c1-9-7-5-3-2-4-6(7)8;/h2-5H,8H2,1H3;1H/i1D3;. The minimum atomic E-state index is -2.44. The number of methoxy groups -OCH3 is 1. The minimum absolute atomic E-state index is 0. The van der Waals surface area contributed by atoms with Crippen molar-refractivity contribution >= 4 is 18.1 Å². The molecule has 0 aliphatic rings. The minimum Gasteiger partial charge on any atom is -0.495 e. The van der Waals surface area contributed by atoms with Gasteiger partial charge in [-0.3, -0.25) is 0 Å². The Morgan fingerprint density at radius 3 is 2.80 bits per heavy atom. The van der Waals surface area contributed by atoms with E-state index in [-0.39, 0.29) is 18.2 Å². The maximum absolute atomic E-state index is 6.82. The summed E-state index contributed by atoms with van der Waals surface area (Å²) in [5, 5.41) is 0. The van der Waals surface area contributed by atoms with E-state index >= 15 is 0 Å². The van der Waals surface area contributed by atoms with E-state index in [1.54, 1.807) is 18.2 Å². The van der Waals surface area contributed by atoms with Crippen molar-refractivity contribution in [3.8, 4) is 5.75 Å². The fraction of sp³-hybridized carbons (Fsp3) is 0.143. The molecule has 0 aliphatic carbocycles. The van der Waals surface area contributed by atoms with Crippen molar-refractivity contribution in [2.75, 3.05) is 12.8 Å². The van der Waals surface area contributed by atoms with Crippen LogP contribution in [0.15, 0.2) is 24.3 Å². The highest BCUT2D eigenvalue weighted by atomic mass is 35.5. The van der Waals surface area contributed by atoms with Crippen LogP contribution in [0, 0.1) is 0 Å². The van der Waals surface area contributed by atoms with Crippen LogP contribution in [-0.2, 0) is 0 Å². The number of rotatable bonds is 1. The number of nitrogens with two attached hydrogens (primary N) is 1. The van der Waals surface area contributed by atoms with Crippen LogP contribution in [0.25, 0.3) is 0 Å². The molecule has 0 aliphatic heterocycles. The molecule has 1 rings (SSSR count). The van der Waals surface area contributed by atoms with Gasteiger partial charge in [0.25, 0.3) is 0 Å². The van der Waals surface area contributed by atoms with Gasteiger partial charge in [-0.1, -0.05) is 12.1 Å². The summed E-state index contributed by atoms with van der Waals surface area (Å²) in [6, 6.07) is 6.47. The van der Waals surface area contributed by atoms with Crippen molar-refractivity contribution < 1.29 is 8.85 Å². The summed E-state index contributed by atoms with van der Waals surface area (Å²) in [5.74, 6) is 0.192. The molecule has 0 aromatic heterocycles. The van der Waals surface area contributed by atoms with E-state index in [0.717, 1.165) is 0 Å². The summed E-state index contributed by atoms with van der Waals surface area (Å²) >= 11 is 0. The molecule has 0 amide bonds. The highest BCUT2D eigenvalue weighted by Gasteiger charge is 1.91. The smallest absolute Gasteiger partial charge is 0.141 e. The maximum Gasteiger partial charge on any atom is 0.141 e. The molecule has 0 saturated heterocycles. The molecule has 0 bridgehead atoms. The summed E-state index contributed by atoms with van der Waals surface area (Å²) in [4.78, 5) is 0. The van der Waals surface area contributed by atoms with Crippen LogP contribution in [0.5, 0.6) is 5.75 Å². The topological polar surface area (TPSA) is 35.2 Å². The Morgan fingerprint density at radius 2 is 2.20 bits per heavy atom. The van der Waals surface area contributed by atoms with Gasteiger partial charge in [0, 0.05) is 0 Å². The number of hydrogen-bond donors (Lipinski definition) is 1. The molecule has 1 aromatic carbocycles. The fourth-order valence-corrected chi connectivity index (χ4v) is 0.573. The number of anilines is 1. The van der Waals surface area contributed by atoms with Crippen molar-refractivity contribution in [3.63, 3.8) is 0 Å². The molecule has 0 atom stereocenters. The van der Waals surface area contributed by atoms with Gasteiger partial charge in [0.15, 0.2) is 0 Å². The molecular weight excluding hydrogens is 150 g/mol. The van der Waals surface area contributed by atoms with Gasteiger partial charge in [0.05, 0.1) is 16.8 Å². The lowest BCUT2D eigenvalue weighted by atomic mass is 10.3. The lowest BCUT2D eigenvalue weighted by Gasteiger charge is -2.00. The largest absolute Gasteiger partial charge is 0.495 e. The molecule has 0 heterocycles. The van der Waals surface area contributed by atoms with Crippen molar-refractivity contribution in [2.45, 2.75) is 0 Å². The average molecular weight is 163 g/mol. The Bertz CT molecular complexity index is 277. The highest BCUT2D eigenvalue weighted by Crippen LogP contribution is 2.18. The van der Waals surface area contributed by atoms with E-state index in [1.807, 2.05) is 0 Å². The zero-order valence-electron chi connectivity index (χ0n) is 8.20. The first-order chi connectivity index (χ1) is 5.49. The second-order valence-electron chi connectivity index (χ2n) is 1.64. The average Bonchev–Trinajstić information content (AvgIpc) is 1.91.